The predicted molar refractivity (Wildman–Crippen MR) is 96.0 cm³/mol. The van der Waals surface area contributed by atoms with E-state index in [0.717, 1.165) is 0 Å². The molecule has 7 heteroatoms. The van der Waals surface area contributed by atoms with Gasteiger partial charge in [0, 0.05) is 11.6 Å². The molecule has 0 bridgehead atoms. The number of rotatable bonds is 6. The van der Waals surface area contributed by atoms with Gasteiger partial charge in [-0.05, 0) is 30.3 Å². The van der Waals surface area contributed by atoms with Crippen molar-refractivity contribution in [2.24, 2.45) is 0 Å². The number of nitrogens with zero attached hydrogens (tertiary/aromatic N) is 1. The molecule has 1 aromatic heterocycles. The van der Waals surface area contributed by atoms with Gasteiger partial charge in [-0.15, -0.1) is 0 Å². The Hall–Kier alpha value is -3.48. The number of carbonyl (C=O) groups excluding carboxylic acids is 1. The van der Waals surface area contributed by atoms with Crippen molar-refractivity contribution in [2.45, 2.75) is 0 Å². The summed E-state index contributed by atoms with van der Waals surface area (Å²) in [6.45, 7) is 0. The highest BCUT2D eigenvalue weighted by atomic mass is 16.5. The Balaban J connectivity index is 1.82. The molecule has 0 atom stereocenters. The predicted octanol–water partition coefficient (Wildman–Crippen LogP) is 3.62. The second kappa shape index (κ2) is 7.60. The largest absolute Gasteiger partial charge is 0.495 e. The molecule has 0 saturated heterocycles. The van der Waals surface area contributed by atoms with Crippen molar-refractivity contribution < 1.29 is 23.5 Å². The third-order valence-corrected chi connectivity index (χ3v) is 3.77. The molecule has 0 saturated carbocycles. The van der Waals surface area contributed by atoms with Gasteiger partial charge in [-0.1, -0.05) is 17.3 Å². The molecule has 1 heterocycles. The quantitative estimate of drug-likeness (QED) is 0.728. The van der Waals surface area contributed by atoms with Crippen molar-refractivity contribution in [3.63, 3.8) is 0 Å². The van der Waals surface area contributed by atoms with Gasteiger partial charge in [0.25, 0.3) is 5.91 Å². The first-order chi connectivity index (χ1) is 12.7. The molecule has 7 nitrogen and oxygen atoms in total. The lowest BCUT2D eigenvalue weighted by molar-refractivity contribution is 0.101. The molecular formula is C19H18N2O5. The summed E-state index contributed by atoms with van der Waals surface area (Å²) in [5.74, 6) is 1.76. The molecule has 26 heavy (non-hydrogen) atoms. The summed E-state index contributed by atoms with van der Waals surface area (Å²) in [5.41, 5.74) is 1.42. The molecule has 0 aliphatic carbocycles. The first kappa shape index (κ1) is 17.3. The standard InChI is InChI=1S/C19H18N2O5/c1-23-15-7-5-4-6-13(15)20-19(22)14-11-17(26-21-14)12-8-9-16(24-2)18(10-12)25-3/h4-11H,1-3H3,(H,20,22). The van der Waals surface area contributed by atoms with E-state index in [1.165, 1.54) is 7.11 Å². The number of methoxy groups -OCH3 is 3. The van der Waals surface area contributed by atoms with Gasteiger partial charge in [-0.3, -0.25) is 4.79 Å². The molecule has 3 rings (SSSR count). The summed E-state index contributed by atoms with van der Waals surface area (Å²) in [4.78, 5) is 12.4. The van der Waals surface area contributed by atoms with Crippen molar-refractivity contribution >= 4 is 11.6 Å². The first-order valence-corrected chi connectivity index (χ1v) is 7.79. The fraction of sp³-hybridized carbons (Fsp3) is 0.158. The van der Waals surface area contributed by atoms with Crippen LogP contribution >= 0.6 is 0 Å². The van der Waals surface area contributed by atoms with E-state index in [-0.39, 0.29) is 5.69 Å². The van der Waals surface area contributed by atoms with Crippen molar-refractivity contribution in [2.75, 3.05) is 26.6 Å². The van der Waals surface area contributed by atoms with Crippen LogP contribution in [0.1, 0.15) is 10.5 Å². The molecule has 2 aromatic carbocycles. The highest BCUT2D eigenvalue weighted by molar-refractivity contribution is 6.04. The minimum absolute atomic E-state index is 0.153. The Bertz CT molecular complexity index is 920. The van der Waals surface area contributed by atoms with E-state index in [0.29, 0.717) is 34.3 Å². The maximum Gasteiger partial charge on any atom is 0.277 e. The Kier molecular flexibility index (Phi) is 5.07. The van der Waals surface area contributed by atoms with Gasteiger partial charge < -0.3 is 24.1 Å². The number of aromatic nitrogens is 1. The van der Waals surface area contributed by atoms with E-state index in [1.54, 1.807) is 56.7 Å². The summed E-state index contributed by atoms with van der Waals surface area (Å²) in [6, 6.07) is 14.0. The summed E-state index contributed by atoms with van der Waals surface area (Å²) >= 11 is 0. The van der Waals surface area contributed by atoms with Crippen LogP contribution in [0.5, 0.6) is 17.2 Å². The van der Waals surface area contributed by atoms with Crippen LogP contribution in [0.3, 0.4) is 0 Å². The highest BCUT2D eigenvalue weighted by Gasteiger charge is 2.16. The lowest BCUT2D eigenvalue weighted by Crippen LogP contribution is -2.12. The zero-order chi connectivity index (χ0) is 18.5. The average molecular weight is 354 g/mol. The summed E-state index contributed by atoms with van der Waals surface area (Å²) in [5, 5.41) is 6.59. The Morgan fingerprint density at radius 3 is 2.38 bits per heavy atom. The third kappa shape index (κ3) is 3.46. The molecule has 3 aromatic rings. The molecule has 0 unspecified atom stereocenters. The number of nitrogens with one attached hydrogen (secondary N) is 1. The number of hydrogen-bond acceptors (Lipinski definition) is 6. The topological polar surface area (TPSA) is 82.8 Å². The van der Waals surface area contributed by atoms with E-state index in [2.05, 4.69) is 10.5 Å². The van der Waals surface area contributed by atoms with Crippen molar-refractivity contribution in [1.82, 2.24) is 5.16 Å². The molecule has 134 valence electrons. The summed E-state index contributed by atoms with van der Waals surface area (Å²) in [7, 11) is 4.65. The van der Waals surface area contributed by atoms with Gasteiger partial charge in [0.2, 0.25) is 0 Å². The van der Waals surface area contributed by atoms with E-state index >= 15 is 0 Å². The minimum Gasteiger partial charge on any atom is -0.495 e. The smallest absolute Gasteiger partial charge is 0.277 e. The molecule has 0 fully saturated rings. The second-order valence-corrected chi connectivity index (χ2v) is 5.30. The fourth-order valence-corrected chi connectivity index (χ4v) is 2.44. The zero-order valence-corrected chi connectivity index (χ0v) is 14.6. The van der Waals surface area contributed by atoms with Crippen molar-refractivity contribution in [1.29, 1.82) is 0 Å². The van der Waals surface area contributed by atoms with Crippen LogP contribution in [0.15, 0.2) is 53.1 Å². The Morgan fingerprint density at radius 1 is 0.923 bits per heavy atom. The maximum absolute atomic E-state index is 12.4. The molecular weight excluding hydrogens is 336 g/mol. The lowest BCUT2D eigenvalue weighted by atomic mass is 10.1. The van der Waals surface area contributed by atoms with E-state index in [1.807, 2.05) is 6.07 Å². The maximum atomic E-state index is 12.4. The number of benzene rings is 2. The fourth-order valence-electron chi connectivity index (χ4n) is 2.44. The number of ether oxygens (including phenoxy) is 3. The number of carbonyl (C=O) groups is 1. The first-order valence-electron chi connectivity index (χ1n) is 7.79. The zero-order valence-electron chi connectivity index (χ0n) is 14.6. The molecule has 1 amide bonds. The van der Waals surface area contributed by atoms with Gasteiger partial charge in [0.15, 0.2) is 23.0 Å². The highest BCUT2D eigenvalue weighted by Crippen LogP contribution is 2.32. The Labute approximate surface area is 150 Å². The van der Waals surface area contributed by atoms with Crippen LogP contribution in [0.25, 0.3) is 11.3 Å². The summed E-state index contributed by atoms with van der Waals surface area (Å²) < 4.78 is 21.0. The summed E-state index contributed by atoms with van der Waals surface area (Å²) in [6.07, 6.45) is 0. The van der Waals surface area contributed by atoms with Crippen LogP contribution in [0, 0.1) is 0 Å². The van der Waals surface area contributed by atoms with Gasteiger partial charge in [0.1, 0.15) is 5.75 Å². The number of anilines is 1. The minimum atomic E-state index is -0.398. The van der Waals surface area contributed by atoms with E-state index < -0.39 is 5.91 Å². The molecule has 1 N–H and O–H groups in total. The van der Waals surface area contributed by atoms with Gasteiger partial charge >= 0.3 is 0 Å². The molecule has 0 aliphatic heterocycles. The van der Waals surface area contributed by atoms with Gasteiger partial charge in [0.05, 0.1) is 27.0 Å². The van der Waals surface area contributed by atoms with Crippen LogP contribution in [0.4, 0.5) is 5.69 Å². The van der Waals surface area contributed by atoms with E-state index in [9.17, 15) is 4.79 Å². The van der Waals surface area contributed by atoms with Crippen LogP contribution in [0.2, 0.25) is 0 Å². The van der Waals surface area contributed by atoms with Crippen molar-refractivity contribution in [3.05, 3.63) is 54.2 Å². The van der Waals surface area contributed by atoms with Crippen LogP contribution in [-0.2, 0) is 0 Å². The van der Waals surface area contributed by atoms with Gasteiger partial charge in [-0.25, -0.2) is 0 Å². The molecule has 0 aliphatic rings. The molecule has 0 radical (unpaired) electrons. The Morgan fingerprint density at radius 2 is 1.65 bits per heavy atom. The molecule has 0 spiro atoms. The number of para-hydroxylation sites is 2. The van der Waals surface area contributed by atoms with Gasteiger partial charge in [-0.2, -0.15) is 0 Å². The lowest BCUT2D eigenvalue weighted by Gasteiger charge is -2.08. The van der Waals surface area contributed by atoms with Crippen LogP contribution in [-0.4, -0.2) is 32.4 Å². The normalized spacial score (nSPS) is 10.3. The monoisotopic (exact) mass is 354 g/mol. The van der Waals surface area contributed by atoms with E-state index in [4.69, 9.17) is 18.7 Å². The van der Waals surface area contributed by atoms with Crippen molar-refractivity contribution in [3.8, 4) is 28.6 Å². The second-order valence-electron chi connectivity index (χ2n) is 5.30. The number of amides is 1. The SMILES string of the molecule is COc1ccccc1NC(=O)c1cc(-c2ccc(OC)c(OC)c2)on1. The third-order valence-electron chi connectivity index (χ3n) is 3.77. The average Bonchev–Trinajstić information content (AvgIpc) is 3.18. The number of hydrogen-bond donors (Lipinski definition) is 1. The van der Waals surface area contributed by atoms with Crippen LogP contribution < -0.4 is 19.5 Å².